The van der Waals surface area contributed by atoms with E-state index in [0.717, 1.165) is 16.9 Å². The molecular formula is C10H10N2O. The fourth-order valence-corrected chi connectivity index (χ4v) is 1.62. The third kappa shape index (κ3) is 1.09. The molecule has 0 aliphatic carbocycles. The second kappa shape index (κ2) is 2.62. The van der Waals surface area contributed by atoms with Crippen LogP contribution in [0.5, 0.6) is 0 Å². The number of urea groups is 1. The summed E-state index contributed by atoms with van der Waals surface area (Å²) in [4.78, 5) is 12.5. The molecule has 2 rings (SSSR count). The summed E-state index contributed by atoms with van der Waals surface area (Å²) in [6, 6.07) is 7.21. The number of amides is 2. The number of nitrogens with zero attached hydrogens (tertiary/aromatic N) is 1. The smallest absolute Gasteiger partial charge is 0.323 e. The zero-order valence-corrected chi connectivity index (χ0v) is 7.16. The lowest BCUT2D eigenvalue weighted by Crippen LogP contribution is -2.32. The molecule has 2 N–H and O–H groups in total. The molecule has 0 radical (unpaired) electrons. The average molecular weight is 174 g/mol. The molecule has 1 aromatic rings. The van der Waals surface area contributed by atoms with Crippen LogP contribution in [0.15, 0.2) is 36.5 Å². The van der Waals surface area contributed by atoms with E-state index in [-0.39, 0.29) is 0 Å². The Morgan fingerprint density at radius 1 is 1.46 bits per heavy atom. The molecule has 0 aromatic heterocycles. The molecular weight excluding hydrogens is 164 g/mol. The van der Waals surface area contributed by atoms with Gasteiger partial charge in [-0.2, -0.15) is 0 Å². The van der Waals surface area contributed by atoms with Gasteiger partial charge in [-0.05, 0) is 11.6 Å². The summed E-state index contributed by atoms with van der Waals surface area (Å²) in [6.07, 6.45) is 0.707. The minimum atomic E-state index is -0.463. The standard InChI is InChI=1S/C10H10N2O/c1-7-6-8-4-2-3-5-9(8)12(7)10(11)13/h2-5H,1,6H2,(H2,11,13). The second-order valence-corrected chi connectivity index (χ2v) is 3.05. The van der Waals surface area contributed by atoms with Gasteiger partial charge in [0.1, 0.15) is 0 Å². The van der Waals surface area contributed by atoms with Crippen molar-refractivity contribution >= 4 is 11.7 Å². The Balaban J connectivity index is 2.52. The number of hydrogen-bond acceptors (Lipinski definition) is 1. The van der Waals surface area contributed by atoms with Crippen molar-refractivity contribution in [3.63, 3.8) is 0 Å². The van der Waals surface area contributed by atoms with Gasteiger partial charge in [0.2, 0.25) is 0 Å². The number of primary amides is 1. The monoisotopic (exact) mass is 174 g/mol. The van der Waals surface area contributed by atoms with E-state index < -0.39 is 6.03 Å². The van der Waals surface area contributed by atoms with Gasteiger partial charge in [0.25, 0.3) is 0 Å². The van der Waals surface area contributed by atoms with Gasteiger partial charge in [-0.15, -0.1) is 0 Å². The van der Waals surface area contributed by atoms with Crippen LogP contribution in [0.25, 0.3) is 0 Å². The Kier molecular flexibility index (Phi) is 1.59. The average Bonchev–Trinajstić information content (AvgIpc) is 2.39. The molecule has 0 atom stereocenters. The van der Waals surface area contributed by atoms with Crippen LogP contribution in [-0.2, 0) is 6.42 Å². The maximum atomic E-state index is 11.1. The number of allylic oxidation sites excluding steroid dienone is 1. The third-order valence-corrected chi connectivity index (χ3v) is 2.16. The topological polar surface area (TPSA) is 46.3 Å². The largest absolute Gasteiger partial charge is 0.351 e. The molecule has 0 saturated heterocycles. The Morgan fingerprint density at radius 3 is 2.85 bits per heavy atom. The first-order chi connectivity index (χ1) is 6.20. The SMILES string of the molecule is C=C1Cc2ccccc2N1C(N)=O. The number of rotatable bonds is 0. The molecule has 3 nitrogen and oxygen atoms in total. The first-order valence-corrected chi connectivity index (χ1v) is 4.05. The molecule has 1 aliphatic heterocycles. The number of benzene rings is 1. The van der Waals surface area contributed by atoms with Crippen LogP contribution in [0.1, 0.15) is 5.56 Å². The molecule has 0 saturated carbocycles. The van der Waals surface area contributed by atoms with E-state index in [9.17, 15) is 4.79 Å². The van der Waals surface area contributed by atoms with Crippen molar-refractivity contribution in [1.82, 2.24) is 0 Å². The van der Waals surface area contributed by atoms with Crippen molar-refractivity contribution in [1.29, 1.82) is 0 Å². The van der Waals surface area contributed by atoms with Gasteiger partial charge in [0.15, 0.2) is 0 Å². The molecule has 3 heteroatoms. The summed E-state index contributed by atoms with van der Waals surface area (Å²) in [6.45, 7) is 3.80. The maximum absolute atomic E-state index is 11.1. The summed E-state index contributed by atoms with van der Waals surface area (Å²) in [5.74, 6) is 0. The highest BCUT2D eigenvalue weighted by Crippen LogP contribution is 2.32. The molecule has 1 heterocycles. The number of nitrogens with two attached hydrogens (primary N) is 1. The number of anilines is 1. The lowest BCUT2D eigenvalue weighted by atomic mass is 10.2. The minimum absolute atomic E-state index is 0.463. The highest BCUT2D eigenvalue weighted by Gasteiger charge is 2.25. The third-order valence-electron chi connectivity index (χ3n) is 2.16. The van der Waals surface area contributed by atoms with Crippen molar-refractivity contribution in [2.75, 3.05) is 4.90 Å². The van der Waals surface area contributed by atoms with Gasteiger partial charge >= 0.3 is 6.03 Å². The highest BCUT2D eigenvalue weighted by molar-refractivity contribution is 5.96. The van der Waals surface area contributed by atoms with Crippen molar-refractivity contribution in [3.8, 4) is 0 Å². The number of carbonyl (C=O) groups is 1. The molecule has 0 spiro atoms. The number of hydrogen-bond donors (Lipinski definition) is 1. The first kappa shape index (κ1) is 7.86. The maximum Gasteiger partial charge on any atom is 0.323 e. The van der Waals surface area contributed by atoms with E-state index >= 15 is 0 Å². The van der Waals surface area contributed by atoms with Gasteiger partial charge < -0.3 is 5.73 Å². The molecule has 0 unspecified atom stereocenters. The summed E-state index contributed by atoms with van der Waals surface area (Å²) >= 11 is 0. The zero-order valence-electron chi connectivity index (χ0n) is 7.16. The summed E-state index contributed by atoms with van der Waals surface area (Å²) in [5, 5.41) is 0. The Hall–Kier alpha value is -1.77. The van der Waals surface area contributed by atoms with Crippen LogP contribution in [0.4, 0.5) is 10.5 Å². The van der Waals surface area contributed by atoms with E-state index in [1.54, 1.807) is 0 Å². The van der Waals surface area contributed by atoms with E-state index in [1.165, 1.54) is 4.90 Å². The Labute approximate surface area is 76.5 Å². The molecule has 2 amide bonds. The minimum Gasteiger partial charge on any atom is -0.351 e. The number of fused-ring (bicyclic) bond motifs is 1. The van der Waals surface area contributed by atoms with Gasteiger partial charge in [-0.1, -0.05) is 24.8 Å². The predicted octanol–water partition coefficient (Wildman–Crippen LogP) is 1.64. The van der Waals surface area contributed by atoms with Gasteiger partial charge in [-0.25, -0.2) is 4.79 Å². The molecule has 1 aliphatic rings. The number of para-hydroxylation sites is 1. The van der Waals surface area contributed by atoms with Crippen LogP contribution >= 0.6 is 0 Å². The van der Waals surface area contributed by atoms with Crippen LogP contribution in [0.2, 0.25) is 0 Å². The summed E-state index contributed by atoms with van der Waals surface area (Å²) in [5.41, 5.74) is 7.94. The van der Waals surface area contributed by atoms with Crippen molar-refractivity contribution < 1.29 is 4.79 Å². The lowest BCUT2D eigenvalue weighted by Gasteiger charge is -2.14. The van der Waals surface area contributed by atoms with Gasteiger partial charge in [0, 0.05) is 12.1 Å². The first-order valence-electron chi connectivity index (χ1n) is 4.05. The van der Waals surface area contributed by atoms with E-state index in [2.05, 4.69) is 6.58 Å². The summed E-state index contributed by atoms with van der Waals surface area (Å²) < 4.78 is 0. The van der Waals surface area contributed by atoms with Gasteiger partial charge in [-0.3, -0.25) is 4.90 Å². The van der Waals surface area contributed by atoms with Crippen LogP contribution in [-0.4, -0.2) is 6.03 Å². The quantitative estimate of drug-likeness (QED) is 0.638. The molecule has 0 fully saturated rings. The molecule has 0 bridgehead atoms. The van der Waals surface area contributed by atoms with Crippen LogP contribution in [0, 0.1) is 0 Å². The fourth-order valence-electron chi connectivity index (χ4n) is 1.62. The summed E-state index contributed by atoms with van der Waals surface area (Å²) in [7, 11) is 0. The normalized spacial score (nSPS) is 14.5. The second-order valence-electron chi connectivity index (χ2n) is 3.05. The van der Waals surface area contributed by atoms with Gasteiger partial charge in [0.05, 0.1) is 5.69 Å². The van der Waals surface area contributed by atoms with E-state index in [1.807, 2.05) is 24.3 Å². The lowest BCUT2D eigenvalue weighted by molar-refractivity contribution is 0.255. The van der Waals surface area contributed by atoms with Crippen LogP contribution in [0.3, 0.4) is 0 Å². The number of carbonyl (C=O) groups excluding carboxylic acids is 1. The Bertz CT molecular complexity index is 384. The van der Waals surface area contributed by atoms with Crippen molar-refractivity contribution in [2.45, 2.75) is 6.42 Å². The van der Waals surface area contributed by atoms with Crippen molar-refractivity contribution in [3.05, 3.63) is 42.1 Å². The van der Waals surface area contributed by atoms with E-state index in [0.29, 0.717) is 6.42 Å². The fraction of sp³-hybridized carbons (Fsp3) is 0.100. The highest BCUT2D eigenvalue weighted by atomic mass is 16.2. The molecule has 66 valence electrons. The molecule has 1 aromatic carbocycles. The van der Waals surface area contributed by atoms with Crippen LogP contribution < -0.4 is 10.6 Å². The molecule has 13 heavy (non-hydrogen) atoms. The predicted molar refractivity (Wildman–Crippen MR) is 51.3 cm³/mol. The zero-order chi connectivity index (χ0) is 9.42. The van der Waals surface area contributed by atoms with E-state index in [4.69, 9.17) is 5.73 Å². The van der Waals surface area contributed by atoms with Crippen molar-refractivity contribution in [2.24, 2.45) is 5.73 Å². The Morgan fingerprint density at radius 2 is 2.15 bits per heavy atom.